The number of carbonyl (C=O) groups excluding carboxylic acids is 2. The van der Waals surface area contributed by atoms with Crippen LogP contribution in [0.4, 0.5) is 0 Å². The minimum atomic E-state index is 0.306. The first kappa shape index (κ1) is 16.8. The number of rotatable bonds is 8. The summed E-state index contributed by atoms with van der Waals surface area (Å²) in [4.78, 5) is 19.7. The molecule has 0 fully saturated rings. The molecule has 0 unspecified atom stereocenters. The number of hydrogen-bond acceptors (Lipinski definition) is 2. The lowest BCUT2D eigenvalue weighted by molar-refractivity contribution is -0.111. The molecule has 0 amide bonds. The summed E-state index contributed by atoms with van der Waals surface area (Å²) in [6, 6.07) is 0. The van der Waals surface area contributed by atoms with Crippen molar-refractivity contribution in [3.05, 3.63) is 0 Å². The lowest BCUT2D eigenvalue weighted by atomic mass is 10.1. The van der Waals surface area contributed by atoms with Crippen LogP contribution in [-0.4, -0.2) is 12.6 Å². The molecule has 0 saturated carbocycles. The van der Waals surface area contributed by atoms with E-state index in [2.05, 4.69) is 6.92 Å². The van der Waals surface area contributed by atoms with Crippen molar-refractivity contribution < 1.29 is 9.59 Å². The van der Waals surface area contributed by atoms with Gasteiger partial charge in [-0.3, -0.25) is 0 Å². The van der Waals surface area contributed by atoms with Crippen molar-refractivity contribution in [3.8, 4) is 0 Å². The van der Waals surface area contributed by atoms with E-state index in [1.54, 1.807) is 0 Å². The van der Waals surface area contributed by atoms with Gasteiger partial charge in [0.15, 0.2) is 0 Å². The highest BCUT2D eigenvalue weighted by molar-refractivity contribution is 5.52. The highest BCUT2D eigenvalue weighted by Crippen LogP contribution is 2.01. The Hall–Kier alpha value is -0.660. The number of aldehydes is 2. The molecule has 0 N–H and O–H groups in total. The van der Waals surface area contributed by atoms with E-state index in [4.69, 9.17) is 0 Å². The molecule has 0 saturated heterocycles. The van der Waals surface area contributed by atoms with Crippen molar-refractivity contribution in [3.63, 3.8) is 0 Å². The van der Waals surface area contributed by atoms with Gasteiger partial charge in [0.25, 0.3) is 0 Å². The highest BCUT2D eigenvalue weighted by Gasteiger charge is 1.96. The second-order valence-electron chi connectivity index (χ2n) is 3.73. The predicted molar refractivity (Wildman–Crippen MR) is 65.0 cm³/mol. The minimum Gasteiger partial charge on any atom is -0.303 e. The van der Waals surface area contributed by atoms with Gasteiger partial charge in [0, 0.05) is 12.3 Å². The summed E-state index contributed by atoms with van der Waals surface area (Å²) >= 11 is 0. The SMILES string of the molecule is CCC(C=O)CC.CCCCCCC=O. The van der Waals surface area contributed by atoms with Crippen LogP contribution < -0.4 is 0 Å². The van der Waals surface area contributed by atoms with Crippen LogP contribution in [0.15, 0.2) is 0 Å². The Morgan fingerprint density at radius 1 is 0.933 bits per heavy atom. The molecule has 0 spiro atoms. The van der Waals surface area contributed by atoms with Crippen molar-refractivity contribution in [1.29, 1.82) is 0 Å². The molecule has 2 nitrogen and oxygen atoms in total. The quantitative estimate of drug-likeness (QED) is 0.455. The van der Waals surface area contributed by atoms with Crippen LogP contribution >= 0.6 is 0 Å². The van der Waals surface area contributed by atoms with E-state index in [1.807, 2.05) is 13.8 Å². The Balaban J connectivity index is 0. The van der Waals surface area contributed by atoms with Gasteiger partial charge in [0.1, 0.15) is 12.6 Å². The third kappa shape index (κ3) is 16.0. The average molecular weight is 214 g/mol. The second kappa shape index (κ2) is 15.8. The molecular weight excluding hydrogens is 188 g/mol. The molecule has 0 bridgehead atoms. The molecule has 0 aromatic rings. The molecule has 0 heterocycles. The molecule has 0 atom stereocenters. The maximum Gasteiger partial charge on any atom is 0.123 e. The topological polar surface area (TPSA) is 34.1 Å². The van der Waals surface area contributed by atoms with E-state index >= 15 is 0 Å². The number of hydrogen-bond donors (Lipinski definition) is 0. The summed E-state index contributed by atoms with van der Waals surface area (Å²) < 4.78 is 0. The molecule has 0 aromatic carbocycles. The summed E-state index contributed by atoms with van der Waals surface area (Å²) in [6.07, 6.45) is 9.56. The Morgan fingerprint density at radius 3 is 1.80 bits per heavy atom. The van der Waals surface area contributed by atoms with E-state index in [0.29, 0.717) is 5.92 Å². The molecule has 15 heavy (non-hydrogen) atoms. The molecule has 90 valence electrons. The van der Waals surface area contributed by atoms with Crippen molar-refractivity contribution in [2.24, 2.45) is 5.92 Å². The normalized spacial score (nSPS) is 9.33. The van der Waals surface area contributed by atoms with Crippen molar-refractivity contribution in [1.82, 2.24) is 0 Å². The Labute approximate surface area is 94.4 Å². The largest absolute Gasteiger partial charge is 0.303 e. The van der Waals surface area contributed by atoms with Crippen LogP contribution in [-0.2, 0) is 9.59 Å². The zero-order valence-corrected chi connectivity index (χ0v) is 10.5. The van der Waals surface area contributed by atoms with Crippen LogP contribution in [0.2, 0.25) is 0 Å². The van der Waals surface area contributed by atoms with Crippen molar-refractivity contribution in [2.75, 3.05) is 0 Å². The van der Waals surface area contributed by atoms with Gasteiger partial charge in [0.05, 0.1) is 0 Å². The lowest BCUT2D eigenvalue weighted by Crippen LogP contribution is -1.95. The molecule has 0 radical (unpaired) electrons. The monoisotopic (exact) mass is 214 g/mol. The molecule has 0 aromatic heterocycles. The highest BCUT2D eigenvalue weighted by atomic mass is 16.1. The standard InChI is InChI=1S/C7H14O.C6H12O/c1-2-3-4-5-6-7-8;1-3-6(4-2)5-7/h7H,2-6H2,1H3;5-6H,3-4H2,1-2H3. The van der Waals surface area contributed by atoms with Crippen LogP contribution in [0.3, 0.4) is 0 Å². The second-order valence-corrected chi connectivity index (χ2v) is 3.73. The average Bonchev–Trinajstić information content (AvgIpc) is 2.28. The van der Waals surface area contributed by atoms with Gasteiger partial charge in [-0.2, -0.15) is 0 Å². The van der Waals surface area contributed by atoms with E-state index in [-0.39, 0.29) is 0 Å². The smallest absolute Gasteiger partial charge is 0.123 e. The third-order valence-electron chi connectivity index (χ3n) is 2.42. The first-order chi connectivity index (χ1) is 7.26. The lowest BCUT2D eigenvalue weighted by Gasteiger charge is -1.97. The Kier molecular flexibility index (Phi) is 17.6. The first-order valence-electron chi connectivity index (χ1n) is 6.15. The van der Waals surface area contributed by atoms with Crippen LogP contribution in [0.1, 0.15) is 65.7 Å². The van der Waals surface area contributed by atoms with E-state index in [1.165, 1.54) is 19.3 Å². The maximum atomic E-state index is 9.97. The van der Waals surface area contributed by atoms with Gasteiger partial charge >= 0.3 is 0 Å². The van der Waals surface area contributed by atoms with Crippen molar-refractivity contribution in [2.45, 2.75) is 65.7 Å². The van der Waals surface area contributed by atoms with Gasteiger partial charge in [0.2, 0.25) is 0 Å². The fraction of sp³-hybridized carbons (Fsp3) is 0.846. The molecule has 0 aliphatic carbocycles. The summed E-state index contributed by atoms with van der Waals surface area (Å²) in [5, 5.41) is 0. The molecule has 2 heteroatoms. The van der Waals surface area contributed by atoms with E-state index in [0.717, 1.165) is 38.3 Å². The summed E-state index contributed by atoms with van der Waals surface area (Å²) in [7, 11) is 0. The minimum absolute atomic E-state index is 0.306. The number of unbranched alkanes of at least 4 members (excludes halogenated alkanes) is 4. The molecule has 0 rings (SSSR count). The number of carbonyl (C=O) groups is 2. The molecule has 0 aliphatic rings. The zero-order valence-electron chi connectivity index (χ0n) is 10.5. The van der Waals surface area contributed by atoms with E-state index in [9.17, 15) is 9.59 Å². The van der Waals surface area contributed by atoms with Gasteiger partial charge in [-0.15, -0.1) is 0 Å². The van der Waals surface area contributed by atoms with Crippen LogP contribution in [0.25, 0.3) is 0 Å². The predicted octanol–water partition coefficient (Wildman–Crippen LogP) is 3.78. The van der Waals surface area contributed by atoms with Crippen LogP contribution in [0, 0.1) is 5.92 Å². The Bertz CT molecular complexity index is 128. The van der Waals surface area contributed by atoms with Gasteiger partial charge < -0.3 is 9.59 Å². The summed E-state index contributed by atoms with van der Waals surface area (Å²) in [5.74, 6) is 0.306. The Morgan fingerprint density at radius 2 is 1.53 bits per heavy atom. The van der Waals surface area contributed by atoms with Gasteiger partial charge in [-0.25, -0.2) is 0 Å². The summed E-state index contributed by atoms with van der Waals surface area (Å²) in [6.45, 7) is 6.23. The third-order valence-corrected chi connectivity index (χ3v) is 2.42. The fourth-order valence-corrected chi connectivity index (χ4v) is 1.14. The molecule has 0 aliphatic heterocycles. The van der Waals surface area contributed by atoms with E-state index < -0.39 is 0 Å². The van der Waals surface area contributed by atoms with Gasteiger partial charge in [-0.1, -0.05) is 40.0 Å². The van der Waals surface area contributed by atoms with Gasteiger partial charge in [-0.05, 0) is 19.3 Å². The summed E-state index contributed by atoms with van der Waals surface area (Å²) in [5.41, 5.74) is 0. The van der Waals surface area contributed by atoms with Crippen molar-refractivity contribution >= 4 is 12.6 Å². The first-order valence-corrected chi connectivity index (χ1v) is 6.15. The molecular formula is C13H26O2. The van der Waals surface area contributed by atoms with Crippen LogP contribution in [0.5, 0.6) is 0 Å². The maximum absolute atomic E-state index is 9.97. The zero-order chi connectivity index (χ0) is 11.9. The fourth-order valence-electron chi connectivity index (χ4n) is 1.14.